The van der Waals surface area contributed by atoms with Crippen LogP contribution in [0, 0.1) is 10.1 Å². The first-order valence-electron chi connectivity index (χ1n) is 13.5. The quantitative estimate of drug-likeness (QED) is 0.184. The summed E-state index contributed by atoms with van der Waals surface area (Å²) < 4.78 is 28.4. The van der Waals surface area contributed by atoms with E-state index in [1.807, 2.05) is 12.1 Å². The molecule has 5 aromatic rings. The van der Waals surface area contributed by atoms with Gasteiger partial charge in [0.2, 0.25) is 5.95 Å². The van der Waals surface area contributed by atoms with Crippen LogP contribution in [0.5, 0.6) is 0 Å². The molecule has 6 rings (SSSR count). The fraction of sp³-hybridized carbons (Fsp3) is 0.167. The van der Waals surface area contributed by atoms with Gasteiger partial charge in [0.1, 0.15) is 0 Å². The number of halogens is 1. The van der Waals surface area contributed by atoms with Crippen LogP contribution in [0.1, 0.15) is 23.2 Å². The smallest absolute Gasteiger partial charge is 0.269 e. The van der Waals surface area contributed by atoms with Crippen molar-refractivity contribution in [2.75, 3.05) is 18.4 Å². The van der Waals surface area contributed by atoms with Gasteiger partial charge in [-0.05, 0) is 43.2 Å². The van der Waals surface area contributed by atoms with Crippen LogP contribution < -0.4 is 5.32 Å². The topological polar surface area (TPSA) is 140 Å². The maximum atomic E-state index is 13.6. The van der Waals surface area contributed by atoms with E-state index in [1.165, 1.54) is 40.6 Å². The zero-order chi connectivity index (χ0) is 30.1. The first-order valence-corrected chi connectivity index (χ1v) is 15.3. The van der Waals surface area contributed by atoms with Crippen LogP contribution in [0.25, 0.3) is 22.2 Å². The van der Waals surface area contributed by atoms with Gasteiger partial charge in [0, 0.05) is 54.0 Å². The van der Waals surface area contributed by atoms with Crippen molar-refractivity contribution in [3.8, 4) is 11.3 Å². The van der Waals surface area contributed by atoms with E-state index in [-0.39, 0.29) is 33.5 Å². The molecule has 0 aliphatic carbocycles. The molecule has 1 aliphatic heterocycles. The number of hydrogen-bond acceptors (Lipinski definition) is 8. The number of carbonyl (C=O) groups excluding carboxylic acids is 1. The lowest BCUT2D eigenvalue weighted by Gasteiger charge is -2.33. The number of likely N-dealkylation sites (tertiary alicyclic amines) is 1. The molecule has 1 fully saturated rings. The molecule has 218 valence electrons. The van der Waals surface area contributed by atoms with Crippen molar-refractivity contribution in [1.29, 1.82) is 0 Å². The number of nitro groups is 1. The van der Waals surface area contributed by atoms with E-state index < -0.39 is 14.9 Å². The van der Waals surface area contributed by atoms with E-state index >= 15 is 0 Å². The molecule has 0 bridgehead atoms. The summed E-state index contributed by atoms with van der Waals surface area (Å²) in [6, 6.07) is 20.7. The van der Waals surface area contributed by atoms with E-state index in [4.69, 9.17) is 11.6 Å². The van der Waals surface area contributed by atoms with Crippen LogP contribution in [-0.2, 0) is 10.0 Å². The summed E-state index contributed by atoms with van der Waals surface area (Å²) in [4.78, 5) is 34.4. The van der Waals surface area contributed by atoms with E-state index in [1.54, 1.807) is 47.4 Å². The first-order chi connectivity index (χ1) is 20.7. The highest BCUT2D eigenvalue weighted by Crippen LogP contribution is 2.36. The second-order valence-corrected chi connectivity index (χ2v) is 12.3. The lowest BCUT2D eigenvalue weighted by Crippen LogP contribution is -2.45. The molecule has 0 radical (unpaired) electrons. The number of piperidine rings is 1. The van der Waals surface area contributed by atoms with Gasteiger partial charge in [0.25, 0.3) is 21.6 Å². The van der Waals surface area contributed by atoms with E-state index in [9.17, 15) is 23.3 Å². The van der Waals surface area contributed by atoms with Crippen LogP contribution in [0.3, 0.4) is 0 Å². The third-order valence-electron chi connectivity index (χ3n) is 7.34. The standard InChI is InChI=1S/C30H25ClN6O5S/c31-26-17-32-30(33-21-7-6-16-35(18-21)29(38)20-12-14-22(15-13-20)37(39)40)34-28(26)25-19-36(27-11-5-4-10-24(25)27)43(41,42)23-8-2-1-3-9-23/h1-5,8-15,17,19,21H,6-7,16,18H2,(H,32,33,34)/t21-/m1/s1. The summed E-state index contributed by atoms with van der Waals surface area (Å²) in [5.74, 6) is 0.0725. The minimum Gasteiger partial charge on any atom is -0.350 e. The van der Waals surface area contributed by atoms with Crippen molar-refractivity contribution < 1.29 is 18.1 Å². The number of carbonyl (C=O) groups is 1. The second kappa shape index (κ2) is 11.5. The molecule has 13 heteroatoms. The summed E-state index contributed by atoms with van der Waals surface area (Å²) in [5, 5.41) is 15.2. The Bertz CT molecular complexity index is 1950. The molecule has 3 heterocycles. The van der Waals surface area contributed by atoms with Gasteiger partial charge < -0.3 is 10.2 Å². The summed E-state index contributed by atoms with van der Waals surface area (Å²) in [5.41, 5.74) is 1.68. The molecular formula is C30H25ClN6O5S. The van der Waals surface area contributed by atoms with Gasteiger partial charge in [0.05, 0.1) is 32.2 Å². The van der Waals surface area contributed by atoms with Crippen molar-refractivity contribution in [3.63, 3.8) is 0 Å². The molecule has 0 unspecified atom stereocenters. The Morgan fingerprint density at radius 1 is 1.02 bits per heavy atom. The third-order valence-corrected chi connectivity index (χ3v) is 9.31. The van der Waals surface area contributed by atoms with Crippen LogP contribution in [0.15, 0.2) is 96.2 Å². The number of nitrogens with zero attached hydrogens (tertiary/aromatic N) is 5. The molecule has 0 spiro atoms. The number of benzene rings is 3. The maximum Gasteiger partial charge on any atom is 0.269 e. The van der Waals surface area contributed by atoms with Gasteiger partial charge in [-0.1, -0.05) is 48.0 Å². The highest BCUT2D eigenvalue weighted by Gasteiger charge is 2.27. The molecule has 1 atom stereocenters. The number of fused-ring (bicyclic) bond motifs is 1. The van der Waals surface area contributed by atoms with Crippen LogP contribution in [0.4, 0.5) is 11.6 Å². The fourth-order valence-corrected chi connectivity index (χ4v) is 6.82. The number of aromatic nitrogens is 3. The summed E-state index contributed by atoms with van der Waals surface area (Å²) in [7, 11) is -3.90. The second-order valence-electron chi connectivity index (χ2n) is 10.1. The summed E-state index contributed by atoms with van der Waals surface area (Å²) >= 11 is 6.57. The lowest BCUT2D eigenvalue weighted by molar-refractivity contribution is -0.384. The molecular weight excluding hydrogens is 592 g/mol. The number of para-hydroxylation sites is 1. The molecule has 1 saturated heterocycles. The van der Waals surface area contributed by atoms with Gasteiger partial charge in [-0.3, -0.25) is 14.9 Å². The normalized spacial score (nSPS) is 15.4. The predicted molar refractivity (Wildman–Crippen MR) is 163 cm³/mol. The number of non-ortho nitro benzene ring substituents is 1. The maximum absolute atomic E-state index is 13.6. The average Bonchev–Trinajstić information content (AvgIpc) is 3.43. The van der Waals surface area contributed by atoms with Gasteiger partial charge in [-0.2, -0.15) is 0 Å². The number of rotatable bonds is 7. The van der Waals surface area contributed by atoms with Crippen molar-refractivity contribution in [1.82, 2.24) is 18.8 Å². The number of amides is 1. The average molecular weight is 617 g/mol. The highest BCUT2D eigenvalue weighted by molar-refractivity contribution is 7.90. The number of hydrogen-bond donors (Lipinski definition) is 1. The van der Waals surface area contributed by atoms with Gasteiger partial charge in [-0.15, -0.1) is 0 Å². The minimum absolute atomic E-state index is 0.0776. The van der Waals surface area contributed by atoms with Crippen LogP contribution >= 0.6 is 11.6 Å². The van der Waals surface area contributed by atoms with Gasteiger partial charge in [-0.25, -0.2) is 22.4 Å². The zero-order valence-corrected chi connectivity index (χ0v) is 24.2. The Morgan fingerprint density at radius 3 is 2.49 bits per heavy atom. The summed E-state index contributed by atoms with van der Waals surface area (Å²) in [6.07, 6.45) is 4.49. The van der Waals surface area contributed by atoms with Gasteiger partial charge >= 0.3 is 0 Å². The minimum atomic E-state index is -3.90. The van der Waals surface area contributed by atoms with Crippen LogP contribution in [-0.4, -0.2) is 57.2 Å². The van der Waals surface area contributed by atoms with Crippen molar-refractivity contribution in [3.05, 3.63) is 112 Å². The fourth-order valence-electron chi connectivity index (χ4n) is 5.24. The highest BCUT2D eigenvalue weighted by atomic mass is 35.5. The molecule has 1 N–H and O–H groups in total. The molecule has 43 heavy (non-hydrogen) atoms. The van der Waals surface area contributed by atoms with Crippen molar-refractivity contribution >= 4 is 50.1 Å². The largest absolute Gasteiger partial charge is 0.350 e. The Labute approximate surface area is 252 Å². The third kappa shape index (κ3) is 5.54. The van der Waals surface area contributed by atoms with Crippen LogP contribution in [0.2, 0.25) is 5.02 Å². The molecule has 0 saturated carbocycles. The molecule has 11 nitrogen and oxygen atoms in total. The Kier molecular flexibility index (Phi) is 7.55. The Balaban J connectivity index is 1.27. The van der Waals surface area contributed by atoms with Gasteiger partial charge in [0.15, 0.2) is 0 Å². The molecule has 2 aromatic heterocycles. The lowest BCUT2D eigenvalue weighted by atomic mass is 10.0. The zero-order valence-electron chi connectivity index (χ0n) is 22.6. The molecule has 3 aromatic carbocycles. The Hall–Kier alpha value is -4.81. The van der Waals surface area contributed by atoms with E-state index in [0.717, 1.165) is 12.8 Å². The van der Waals surface area contributed by atoms with Crippen molar-refractivity contribution in [2.24, 2.45) is 0 Å². The summed E-state index contributed by atoms with van der Waals surface area (Å²) in [6.45, 7) is 0.932. The SMILES string of the molecule is O=C(c1ccc([N+](=O)[O-])cc1)N1CCC[C@@H](Nc2ncc(Cl)c(-c3cn(S(=O)(=O)c4ccccc4)c4ccccc34)n2)C1. The van der Waals surface area contributed by atoms with Crippen molar-refractivity contribution in [2.45, 2.75) is 23.8 Å². The number of nitro benzene ring substituents is 1. The first kappa shape index (κ1) is 28.3. The molecule has 1 amide bonds. The van der Waals surface area contributed by atoms with E-state index in [0.29, 0.717) is 40.8 Å². The monoisotopic (exact) mass is 616 g/mol. The Morgan fingerprint density at radius 2 is 1.74 bits per heavy atom. The number of anilines is 1. The predicted octanol–water partition coefficient (Wildman–Crippen LogP) is 5.61. The van der Waals surface area contributed by atoms with E-state index in [2.05, 4.69) is 15.3 Å². The molecule has 1 aliphatic rings. The number of nitrogens with one attached hydrogen (secondary N) is 1.